The van der Waals surface area contributed by atoms with Crippen LogP contribution in [-0.2, 0) is 14.4 Å². The fourth-order valence-electron chi connectivity index (χ4n) is 1.65. The van der Waals surface area contributed by atoms with Crippen molar-refractivity contribution >= 4 is 17.6 Å². The molecule has 0 atom stereocenters. The molecule has 0 bridgehead atoms. The largest absolute Gasteiger partial charge is 0.339 e. The Morgan fingerprint density at radius 1 is 0.737 bits per heavy atom. The number of ketones is 1. The van der Waals surface area contributed by atoms with Crippen LogP contribution in [0.5, 0.6) is 0 Å². The second kappa shape index (κ2) is 9.53. The number of piperazine rings is 1. The average Bonchev–Trinajstić information content (AvgIpc) is 2.46. The van der Waals surface area contributed by atoms with E-state index in [9.17, 15) is 14.4 Å². The minimum atomic E-state index is 0.189. The van der Waals surface area contributed by atoms with Gasteiger partial charge >= 0.3 is 0 Å². The second-order valence-corrected chi connectivity index (χ2v) is 4.52. The van der Waals surface area contributed by atoms with Crippen LogP contribution in [0, 0.1) is 0 Å². The number of carbonyl (C=O) groups excluding carboxylic acids is 3. The van der Waals surface area contributed by atoms with Crippen LogP contribution in [0.3, 0.4) is 0 Å². The number of nitrogens with zero attached hydrogens (tertiary/aromatic N) is 2. The van der Waals surface area contributed by atoms with Crippen LogP contribution >= 0.6 is 0 Å². The number of hydrogen-bond acceptors (Lipinski definition) is 3. The Bertz CT molecular complexity index is 284. The SMILES string of the molecule is CCC(=O)N1CCN(C(=O)CC)CC1.CCC(C)=O. The molecule has 0 N–H and O–H groups in total. The number of carbonyl (C=O) groups is 3. The van der Waals surface area contributed by atoms with Crippen molar-refractivity contribution in [2.75, 3.05) is 26.2 Å². The van der Waals surface area contributed by atoms with Crippen molar-refractivity contribution in [3.63, 3.8) is 0 Å². The molecule has 0 spiro atoms. The molecule has 0 aromatic rings. The molecule has 1 heterocycles. The van der Waals surface area contributed by atoms with Gasteiger partial charge in [-0.2, -0.15) is 0 Å². The lowest BCUT2D eigenvalue weighted by Crippen LogP contribution is -2.50. The number of hydrogen-bond donors (Lipinski definition) is 0. The Morgan fingerprint density at radius 3 is 1.16 bits per heavy atom. The van der Waals surface area contributed by atoms with Crippen LogP contribution in [0.1, 0.15) is 47.0 Å². The molecular weight excluding hydrogens is 244 g/mol. The van der Waals surface area contributed by atoms with Crippen LogP contribution in [-0.4, -0.2) is 53.6 Å². The molecule has 2 amide bonds. The second-order valence-electron chi connectivity index (χ2n) is 4.52. The van der Waals surface area contributed by atoms with Crippen molar-refractivity contribution in [1.82, 2.24) is 9.80 Å². The highest BCUT2D eigenvalue weighted by Gasteiger charge is 2.21. The standard InChI is InChI=1S/C10H18N2O2.C4H8O/c1-3-9(13)11-5-7-12(8-6-11)10(14)4-2;1-3-4(2)5/h3-8H2,1-2H3;3H2,1-2H3. The van der Waals surface area contributed by atoms with E-state index in [2.05, 4.69) is 0 Å². The lowest BCUT2D eigenvalue weighted by atomic mass is 10.2. The molecule has 1 aliphatic rings. The maximum absolute atomic E-state index is 11.3. The fraction of sp³-hybridized carbons (Fsp3) is 0.786. The lowest BCUT2D eigenvalue weighted by molar-refractivity contribution is -0.139. The lowest BCUT2D eigenvalue weighted by Gasteiger charge is -2.34. The first-order valence-corrected chi connectivity index (χ1v) is 7.01. The van der Waals surface area contributed by atoms with E-state index in [1.54, 1.807) is 6.92 Å². The third-order valence-electron chi connectivity index (χ3n) is 3.09. The minimum absolute atomic E-state index is 0.189. The van der Waals surface area contributed by atoms with E-state index < -0.39 is 0 Å². The highest BCUT2D eigenvalue weighted by atomic mass is 16.2. The molecule has 110 valence electrons. The van der Waals surface area contributed by atoms with Crippen molar-refractivity contribution in [3.05, 3.63) is 0 Å². The molecule has 0 aliphatic carbocycles. The van der Waals surface area contributed by atoms with Crippen LogP contribution in [0.2, 0.25) is 0 Å². The fourth-order valence-corrected chi connectivity index (χ4v) is 1.65. The Labute approximate surface area is 115 Å². The van der Waals surface area contributed by atoms with E-state index in [1.165, 1.54) is 0 Å². The molecule has 0 radical (unpaired) electrons. The van der Waals surface area contributed by atoms with E-state index in [0.29, 0.717) is 45.4 Å². The molecule has 5 nitrogen and oxygen atoms in total. The van der Waals surface area contributed by atoms with Gasteiger partial charge in [0, 0.05) is 45.4 Å². The van der Waals surface area contributed by atoms with E-state index in [-0.39, 0.29) is 17.6 Å². The summed E-state index contributed by atoms with van der Waals surface area (Å²) in [5.74, 6) is 0.632. The smallest absolute Gasteiger partial charge is 0.222 e. The summed E-state index contributed by atoms with van der Waals surface area (Å²) in [6, 6.07) is 0. The van der Waals surface area contributed by atoms with Crippen molar-refractivity contribution in [3.8, 4) is 0 Å². The van der Waals surface area contributed by atoms with Gasteiger partial charge in [-0.1, -0.05) is 20.8 Å². The van der Waals surface area contributed by atoms with Gasteiger partial charge in [0.15, 0.2) is 0 Å². The Balaban J connectivity index is 0.000000555. The summed E-state index contributed by atoms with van der Waals surface area (Å²) in [5.41, 5.74) is 0. The van der Waals surface area contributed by atoms with Gasteiger partial charge in [-0.3, -0.25) is 9.59 Å². The van der Waals surface area contributed by atoms with Crippen LogP contribution in [0.25, 0.3) is 0 Å². The van der Waals surface area contributed by atoms with Gasteiger partial charge in [-0.25, -0.2) is 0 Å². The summed E-state index contributed by atoms with van der Waals surface area (Å²) in [5, 5.41) is 0. The molecule has 0 saturated carbocycles. The summed E-state index contributed by atoms with van der Waals surface area (Å²) < 4.78 is 0. The zero-order valence-corrected chi connectivity index (χ0v) is 12.6. The topological polar surface area (TPSA) is 57.7 Å². The van der Waals surface area contributed by atoms with Gasteiger partial charge in [0.1, 0.15) is 5.78 Å². The number of rotatable bonds is 3. The molecule has 5 heteroatoms. The van der Waals surface area contributed by atoms with Gasteiger partial charge in [-0.05, 0) is 6.92 Å². The van der Waals surface area contributed by atoms with Gasteiger partial charge in [0.2, 0.25) is 11.8 Å². The van der Waals surface area contributed by atoms with Crippen molar-refractivity contribution in [1.29, 1.82) is 0 Å². The first-order valence-electron chi connectivity index (χ1n) is 7.01. The summed E-state index contributed by atoms with van der Waals surface area (Å²) in [4.78, 5) is 36.1. The molecule has 1 aliphatic heterocycles. The Hall–Kier alpha value is -1.39. The summed E-state index contributed by atoms with van der Waals surface area (Å²) in [6.07, 6.45) is 1.78. The Kier molecular flexibility index (Phi) is 8.83. The number of amides is 2. The zero-order valence-electron chi connectivity index (χ0n) is 12.6. The quantitative estimate of drug-likeness (QED) is 0.780. The summed E-state index contributed by atoms with van der Waals surface area (Å²) in [7, 11) is 0. The maximum Gasteiger partial charge on any atom is 0.222 e. The third-order valence-corrected chi connectivity index (χ3v) is 3.09. The predicted octanol–water partition coefficient (Wildman–Crippen LogP) is 1.46. The first kappa shape index (κ1) is 17.6. The van der Waals surface area contributed by atoms with Crippen LogP contribution in [0.15, 0.2) is 0 Å². The van der Waals surface area contributed by atoms with E-state index >= 15 is 0 Å². The van der Waals surface area contributed by atoms with E-state index in [4.69, 9.17) is 0 Å². The van der Waals surface area contributed by atoms with E-state index in [0.717, 1.165) is 0 Å². The van der Waals surface area contributed by atoms with Gasteiger partial charge < -0.3 is 14.6 Å². The maximum atomic E-state index is 11.3. The number of Topliss-reactive ketones (excluding diaryl/α,β-unsaturated/α-hetero) is 1. The van der Waals surface area contributed by atoms with Crippen LogP contribution < -0.4 is 0 Å². The monoisotopic (exact) mass is 270 g/mol. The van der Waals surface area contributed by atoms with Gasteiger partial charge in [0.05, 0.1) is 0 Å². The van der Waals surface area contributed by atoms with Gasteiger partial charge in [-0.15, -0.1) is 0 Å². The van der Waals surface area contributed by atoms with E-state index in [1.807, 2.05) is 30.6 Å². The van der Waals surface area contributed by atoms with Gasteiger partial charge in [0.25, 0.3) is 0 Å². The Morgan fingerprint density at radius 2 is 1.00 bits per heavy atom. The summed E-state index contributed by atoms with van der Waals surface area (Å²) >= 11 is 0. The molecule has 1 saturated heterocycles. The zero-order chi connectivity index (χ0) is 14.8. The molecule has 0 aromatic heterocycles. The summed E-state index contributed by atoms with van der Waals surface area (Å²) in [6.45, 7) is 9.94. The molecule has 0 aromatic carbocycles. The molecular formula is C14H26N2O3. The normalized spacial score (nSPS) is 14.5. The van der Waals surface area contributed by atoms with Crippen LogP contribution in [0.4, 0.5) is 0 Å². The highest BCUT2D eigenvalue weighted by Crippen LogP contribution is 2.04. The average molecular weight is 270 g/mol. The van der Waals surface area contributed by atoms with Crippen molar-refractivity contribution in [2.45, 2.75) is 47.0 Å². The third kappa shape index (κ3) is 6.94. The molecule has 1 rings (SSSR count). The molecule has 19 heavy (non-hydrogen) atoms. The van der Waals surface area contributed by atoms with Crippen molar-refractivity contribution < 1.29 is 14.4 Å². The molecule has 1 fully saturated rings. The molecule has 0 unspecified atom stereocenters. The highest BCUT2D eigenvalue weighted by molar-refractivity contribution is 5.78. The minimum Gasteiger partial charge on any atom is -0.339 e. The first-order chi connectivity index (χ1) is 8.96. The predicted molar refractivity (Wildman–Crippen MR) is 74.7 cm³/mol. The van der Waals surface area contributed by atoms with Crippen molar-refractivity contribution in [2.24, 2.45) is 0 Å².